The molecule has 1 aliphatic rings. The molecular weight excluding hydrogens is 627 g/mol. The van der Waals surface area contributed by atoms with E-state index in [0.29, 0.717) is 38.7 Å². The maximum Gasteiger partial charge on any atom is 0.387 e. The second kappa shape index (κ2) is 13.3. The third kappa shape index (κ3) is 6.64. The summed E-state index contributed by atoms with van der Waals surface area (Å²) in [6, 6.07) is 16.4. The maximum absolute atomic E-state index is 14.2. The molecule has 1 aliphatic heterocycles. The average Bonchev–Trinajstić information content (AvgIpc) is 3.02. The summed E-state index contributed by atoms with van der Waals surface area (Å²) in [5.41, 5.74) is 2.02. The summed E-state index contributed by atoms with van der Waals surface area (Å²) in [5, 5.41) is 6.31. The number of carbonyl (C=O) groups is 2. The van der Waals surface area contributed by atoms with E-state index in [1.54, 1.807) is 66.4 Å². The van der Waals surface area contributed by atoms with Gasteiger partial charge in [0.05, 0.1) is 34.0 Å². The Balaban J connectivity index is 1.58. The molecule has 0 radical (unpaired) electrons. The van der Waals surface area contributed by atoms with Crippen LogP contribution < -0.4 is 20.9 Å². The van der Waals surface area contributed by atoms with Crippen molar-refractivity contribution in [2.75, 3.05) is 12.4 Å². The quantitative estimate of drug-likeness (QED) is 0.232. The van der Waals surface area contributed by atoms with Crippen LogP contribution in [0.4, 0.5) is 14.7 Å². The number of carbonyl (C=O) groups excluding carboxylic acids is 2. The average molecular weight is 657 g/mol. The van der Waals surface area contributed by atoms with Crippen LogP contribution in [-0.2, 0) is 13.0 Å². The van der Waals surface area contributed by atoms with Crippen LogP contribution in [0.5, 0.6) is 5.75 Å². The van der Waals surface area contributed by atoms with Crippen LogP contribution in [-0.4, -0.2) is 46.0 Å². The van der Waals surface area contributed by atoms with Gasteiger partial charge in [-0.15, -0.1) is 0 Å². The zero-order valence-electron chi connectivity index (χ0n) is 24.5. The first kappa shape index (κ1) is 31.9. The standard InChI is InChI=1S/C32H29Cl2F2N5O4/c1-17-14-23-26(16-40(17)29(43)20-10-13-24(33)25(34)15-20)39-32(38-18(2)22-6-4-5-7-27(22)45-31(35)36)41(30(23)44)21-11-8-19(9-12-21)28(42)37-3/h4-13,15,17-18,31H,14,16H2,1-3H3,(H,37,42)(H,38,39)/t17-,18?/m1/s1. The van der Waals surface area contributed by atoms with Crippen LogP contribution in [0.2, 0.25) is 10.0 Å². The van der Waals surface area contributed by atoms with Gasteiger partial charge in [0.2, 0.25) is 5.95 Å². The number of fused-ring (bicyclic) bond motifs is 1. The molecule has 0 saturated carbocycles. The van der Waals surface area contributed by atoms with Gasteiger partial charge in [0, 0.05) is 35.3 Å². The van der Waals surface area contributed by atoms with E-state index in [4.69, 9.17) is 32.9 Å². The molecular formula is C32H29Cl2F2N5O4. The molecule has 13 heteroatoms. The van der Waals surface area contributed by atoms with Crippen molar-refractivity contribution in [2.45, 2.75) is 45.5 Å². The number of benzene rings is 3. The summed E-state index contributed by atoms with van der Waals surface area (Å²) < 4.78 is 32.4. The molecule has 0 aliphatic carbocycles. The highest BCUT2D eigenvalue weighted by Gasteiger charge is 2.32. The summed E-state index contributed by atoms with van der Waals surface area (Å²) in [4.78, 5) is 46.3. The van der Waals surface area contributed by atoms with Crippen LogP contribution in [0.25, 0.3) is 5.69 Å². The Morgan fingerprint density at radius 3 is 2.38 bits per heavy atom. The van der Waals surface area contributed by atoms with E-state index in [1.165, 1.54) is 23.7 Å². The molecule has 2 amide bonds. The van der Waals surface area contributed by atoms with Crippen molar-refractivity contribution in [1.29, 1.82) is 0 Å². The maximum atomic E-state index is 14.2. The minimum atomic E-state index is -3.03. The van der Waals surface area contributed by atoms with Crippen molar-refractivity contribution in [1.82, 2.24) is 19.8 Å². The predicted octanol–water partition coefficient (Wildman–Crippen LogP) is 6.26. The minimum Gasteiger partial charge on any atom is -0.434 e. The Morgan fingerprint density at radius 2 is 1.71 bits per heavy atom. The number of anilines is 1. The normalized spacial score (nSPS) is 14.9. The number of nitrogens with zero attached hydrogens (tertiary/aromatic N) is 3. The van der Waals surface area contributed by atoms with Crippen LogP contribution in [0.1, 0.15) is 57.4 Å². The Labute approximate surface area is 267 Å². The lowest BCUT2D eigenvalue weighted by Gasteiger charge is -2.35. The van der Waals surface area contributed by atoms with Crippen molar-refractivity contribution in [3.05, 3.63) is 115 Å². The highest BCUT2D eigenvalue weighted by atomic mass is 35.5. The minimum absolute atomic E-state index is 0.0264. The molecule has 0 saturated heterocycles. The molecule has 1 unspecified atom stereocenters. The fraction of sp³-hybridized carbons (Fsp3) is 0.250. The van der Waals surface area contributed by atoms with Gasteiger partial charge in [-0.05, 0) is 68.8 Å². The molecule has 0 fully saturated rings. The number of aromatic nitrogens is 2. The molecule has 45 heavy (non-hydrogen) atoms. The number of amides is 2. The summed E-state index contributed by atoms with van der Waals surface area (Å²) >= 11 is 12.2. The van der Waals surface area contributed by atoms with Gasteiger partial charge in [-0.1, -0.05) is 41.4 Å². The lowest BCUT2D eigenvalue weighted by Crippen LogP contribution is -2.46. The van der Waals surface area contributed by atoms with Gasteiger partial charge < -0.3 is 20.3 Å². The Kier molecular flexibility index (Phi) is 9.40. The Morgan fingerprint density at radius 1 is 1.02 bits per heavy atom. The van der Waals surface area contributed by atoms with Gasteiger partial charge in [0.25, 0.3) is 17.4 Å². The summed E-state index contributed by atoms with van der Waals surface area (Å²) in [6.45, 7) is 0.572. The van der Waals surface area contributed by atoms with E-state index in [1.807, 2.05) is 6.92 Å². The molecule has 0 bridgehead atoms. The van der Waals surface area contributed by atoms with Crippen LogP contribution in [0.15, 0.2) is 71.5 Å². The van der Waals surface area contributed by atoms with Gasteiger partial charge in [-0.25, -0.2) is 9.55 Å². The van der Waals surface area contributed by atoms with E-state index < -0.39 is 12.7 Å². The van der Waals surface area contributed by atoms with Gasteiger partial charge in [-0.2, -0.15) is 8.78 Å². The van der Waals surface area contributed by atoms with Gasteiger partial charge in [0.15, 0.2) is 0 Å². The van der Waals surface area contributed by atoms with E-state index in [0.717, 1.165) is 0 Å². The van der Waals surface area contributed by atoms with E-state index >= 15 is 0 Å². The summed E-state index contributed by atoms with van der Waals surface area (Å²) in [5.74, 6) is -0.507. The van der Waals surface area contributed by atoms with Crippen molar-refractivity contribution < 1.29 is 23.1 Å². The van der Waals surface area contributed by atoms with Crippen molar-refractivity contribution in [2.24, 2.45) is 0 Å². The molecule has 9 nitrogen and oxygen atoms in total. The van der Waals surface area contributed by atoms with E-state index in [2.05, 4.69) is 10.6 Å². The summed E-state index contributed by atoms with van der Waals surface area (Å²) in [6.07, 6.45) is 0.228. The molecule has 234 valence electrons. The number of ether oxygens (including phenoxy) is 1. The topological polar surface area (TPSA) is 106 Å². The van der Waals surface area contributed by atoms with Gasteiger partial charge >= 0.3 is 6.61 Å². The molecule has 0 spiro atoms. The fourth-order valence-corrected chi connectivity index (χ4v) is 5.58. The number of hydrogen-bond acceptors (Lipinski definition) is 6. The first-order valence-corrected chi connectivity index (χ1v) is 14.8. The zero-order chi connectivity index (χ0) is 32.4. The summed E-state index contributed by atoms with van der Waals surface area (Å²) in [7, 11) is 1.52. The van der Waals surface area contributed by atoms with Gasteiger partial charge in [0.1, 0.15) is 5.75 Å². The highest BCUT2D eigenvalue weighted by Crippen LogP contribution is 2.31. The van der Waals surface area contributed by atoms with Crippen LogP contribution >= 0.6 is 23.2 Å². The first-order valence-electron chi connectivity index (χ1n) is 14.0. The SMILES string of the molecule is CNC(=O)c1ccc(-n2c(NC(C)c3ccccc3OC(F)F)nc3c(c2=O)C[C@@H](C)N(C(=O)c2ccc(Cl)c(Cl)c2)C3)cc1. The molecule has 5 rings (SSSR count). The Bertz CT molecular complexity index is 1820. The fourth-order valence-electron chi connectivity index (χ4n) is 5.28. The second-order valence-corrected chi connectivity index (χ2v) is 11.3. The van der Waals surface area contributed by atoms with E-state index in [9.17, 15) is 23.2 Å². The smallest absolute Gasteiger partial charge is 0.387 e. The number of para-hydroxylation sites is 1. The molecule has 3 aromatic carbocycles. The van der Waals surface area contributed by atoms with Crippen molar-refractivity contribution in [3.63, 3.8) is 0 Å². The second-order valence-electron chi connectivity index (χ2n) is 10.5. The number of alkyl halides is 2. The first-order chi connectivity index (χ1) is 21.5. The van der Waals surface area contributed by atoms with Crippen LogP contribution in [0.3, 0.4) is 0 Å². The van der Waals surface area contributed by atoms with E-state index in [-0.39, 0.29) is 53.1 Å². The third-order valence-corrected chi connectivity index (χ3v) is 8.34. The lowest BCUT2D eigenvalue weighted by molar-refractivity contribution is -0.0505. The molecule has 4 aromatic rings. The number of hydrogen-bond donors (Lipinski definition) is 2. The molecule has 2 atom stereocenters. The largest absolute Gasteiger partial charge is 0.434 e. The van der Waals surface area contributed by atoms with Crippen LogP contribution in [0, 0.1) is 0 Å². The molecule has 1 aromatic heterocycles. The molecule has 2 N–H and O–H groups in total. The number of halogens is 4. The van der Waals surface area contributed by atoms with Crippen molar-refractivity contribution in [3.8, 4) is 11.4 Å². The molecule has 2 heterocycles. The van der Waals surface area contributed by atoms with Gasteiger partial charge in [-0.3, -0.25) is 14.4 Å². The Hall–Kier alpha value is -4.48. The number of rotatable bonds is 8. The lowest BCUT2D eigenvalue weighted by atomic mass is 9.98. The monoisotopic (exact) mass is 655 g/mol. The predicted molar refractivity (Wildman–Crippen MR) is 168 cm³/mol. The highest BCUT2D eigenvalue weighted by molar-refractivity contribution is 6.42. The third-order valence-electron chi connectivity index (χ3n) is 7.60. The van der Waals surface area contributed by atoms with Crippen molar-refractivity contribution >= 4 is 41.0 Å². The zero-order valence-corrected chi connectivity index (χ0v) is 26.0. The number of nitrogens with one attached hydrogen (secondary N) is 2.